The lowest BCUT2D eigenvalue weighted by atomic mass is 10.4. The SMILES string of the molecule is NS(=O)(=O)c1nnc(N2C(=O)[C@H]3O[C@H]3C2=O)s1. The Labute approximate surface area is 98.2 Å². The molecular formula is C6H4N4O5S2. The molecule has 0 saturated carbocycles. The second kappa shape index (κ2) is 3.07. The summed E-state index contributed by atoms with van der Waals surface area (Å²) in [5.41, 5.74) is 0. The number of rotatable bonds is 2. The maximum atomic E-state index is 11.6. The van der Waals surface area contributed by atoms with E-state index in [4.69, 9.17) is 9.88 Å². The van der Waals surface area contributed by atoms with Gasteiger partial charge in [-0.25, -0.2) is 18.5 Å². The van der Waals surface area contributed by atoms with Gasteiger partial charge in [-0.15, -0.1) is 10.2 Å². The number of morpholine rings is 1. The van der Waals surface area contributed by atoms with Crippen LogP contribution in [0.2, 0.25) is 0 Å². The van der Waals surface area contributed by atoms with Gasteiger partial charge in [-0.3, -0.25) is 9.59 Å². The highest BCUT2D eigenvalue weighted by atomic mass is 32.2. The van der Waals surface area contributed by atoms with E-state index in [0.717, 1.165) is 4.90 Å². The molecule has 3 rings (SSSR count). The van der Waals surface area contributed by atoms with Gasteiger partial charge >= 0.3 is 0 Å². The maximum absolute atomic E-state index is 11.6. The van der Waals surface area contributed by atoms with E-state index in [9.17, 15) is 18.0 Å². The molecule has 90 valence electrons. The number of nitrogens with zero attached hydrogens (tertiary/aromatic N) is 3. The minimum absolute atomic E-state index is 0.111. The number of epoxide rings is 1. The third-order valence-corrected chi connectivity index (χ3v) is 4.47. The zero-order chi connectivity index (χ0) is 12.4. The van der Waals surface area contributed by atoms with Crippen LogP contribution in [0, 0.1) is 0 Å². The Balaban J connectivity index is 1.98. The fourth-order valence-electron chi connectivity index (χ4n) is 1.45. The number of hydrogen-bond donors (Lipinski definition) is 1. The third-order valence-electron chi connectivity index (χ3n) is 2.25. The summed E-state index contributed by atoms with van der Waals surface area (Å²) >= 11 is 0.561. The lowest BCUT2D eigenvalue weighted by molar-refractivity contribution is -0.126. The summed E-state index contributed by atoms with van der Waals surface area (Å²) in [4.78, 5) is 23.9. The zero-order valence-electron chi connectivity index (χ0n) is 7.93. The van der Waals surface area contributed by atoms with Crippen molar-refractivity contribution in [2.75, 3.05) is 4.90 Å². The molecule has 2 aliphatic rings. The molecule has 9 nitrogen and oxygen atoms in total. The Morgan fingerprint density at radius 3 is 2.29 bits per heavy atom. The molecule has 17 heavy (non-hydrogen) atoms. The Morgan fingerprint density at radius 1 is 1.24 bits per heavy atom. The molecule has 2 fully saturated rings. The molecule has 0 unspecified atom stereocenters. The molecular weight excluding hydrogens is 272 g/mol. The van der Waals surface area contributed by atoms with Crippen LogP contribution in [0.15, 0.2) is 4.34 Å². The van der Waals surface area contributed by atoms with Crippen LogP contribution in [0.1, 0.15) is 0 Å². The molecule has 2 aliphatic heterocycles. The fourth-order valence-corrected chi connectivity index (χ4v) is 2.88. The number of nitrogens with two attached hydrogens (primary N) is 1. The van der Waals surface area contributed by atoms with E-state index in [2.05, 4.69) is 10.2 Å². The lowest BCUT2D eigenvalue weighted by Crippen LogP contribution is -2.34. The van der Waals surface area contributed by atoms with Crippen LogP contribution in [-0.4, -0.2) is 42.6 Å². The van der Waals surface area contributed by atoms with Gasteiger partial charge in [0, 0.05) is 0 Å². The van der Waals surface area contributed by atoms with Crippen LogP contribution < -0.4 is 10.0 Å². The molecule has 11 heteroatoms. The smallest absolute Gasteiger partial charge is 0.268 e. The van der Waals surface area contributed by atoms with Crippen molar-refractivity contribution in [1.82, 2.24) is 10.2 Å². The van der Waals surface area contributed by atoms with Crippen molar-refractivity contribution in [3.63, 3.8) is 0 Å². The Morgan fingerprint density at radius 2 is 1.82 bits per heavy atom. The summed E-state index contributed by atoms with van der Waals surface area (Å²) in [6.45, 7) is 0. The topological polar surface area (TPSA) is 136 Å². The summed E-state index contributed by atoms with van der Waals surface area (Å²) in [6.07, 6.45) is -1.52. The third kappa shape index (κ3) is 1.47. The van der Waals surface area contributed by atoms with E-state index >= 15 is 0 Å². The Bertz CT molecular complexity index is 617. The first-order chi connectivity index (χ1) is 7.89. The summed E-state index contributed by atoms with van der Waals surface area (Å²) in [6, 6.07) is 0. The maximum Gasteiger partial charge on any atom is 0.268 e. The molecule has 0 bridgehead atoms. The minimum atomic E-state index is -3.98. The quantitative estimate of drug-likeness (QED) is 0.368. The average molecular weight is 276 g/mol. The first-order valence-corrected chi connectivity index (χ1v) is 6.65. The summed E-state index contributed by atoms with van der Waals surface area (Å²) < 4.78 is 26.3. The zero-order valence-corrected chi connectivity index (χ0v) is 9.56. The average Bonchev–Trinajstić information content (AvgIpc) is 2.80. The van der Waals surface area contributed by atoms with Gasteiger partial charge in [0.25, 0.3) is 21.8 Å². The number of sulfonamides is 1. The van der Waals surface area contributed by atoms with Gasteiger partial charge in [0.15, 0.2) is 12.2 Å². The van der Waals surface area contributed by atoms with E-state index in [1.54, 1.807) is 0 Å². The molecule has 3 heterocycles. The number of anilines is 1. The van der Waals surface area contributed by atoms with Crippen molar-refractivity contribution in [3.05, 3.63) is 0 Å². The number of carbonyl (C=O) groups is 2. The molecule has 0 aromatic carbocycles. The first-order valence-electron chi connectivity index (χ1n) is 4.29. The molecule has 1 aromatic heterocycles. The Hall–Kier alpha value is -1.43. The van der Waals surface area contributed by atoms with Gasteiger partial charge in [-0.1, -0.05) is 11.3 Å². The van der Waals surface area contributed by atoms with Crippen LogP contribution in [0.25, 0.3) is 0 Å². The molecule has 2 N–H and O–H groups in total. The molecule has 0 aliphatic carbocycles. The van der Waals surface area contributed by atoms with Gasteiger partial charge in [0.1, 0.15) is 0 Å². The van der Waals surface area contributed by atoms with E-state index in [0.29, 0.717) is 11.3 Å². The molecule has 0 radical (unpaired) electrons. The van der Waals surface area contributed by atoms with Crippen LogP contribution >= 0.6 is 11.3 Å². The summed E-state index contributed by atoms with van der Waals surface area (Å²) in [5, 5.41) is 11.5. The first kappa shape index (κ1) is 10.7. The van der Waals surface area contributed by atoms with Crippen molar-refractivity contribution in [2.45, 2.75) is 16.5 Å². The highest BCUT2D eigenvalue weighted by Crippen LogP contribution is 2.37. The molecule has 2 saturated heterocycles. The lowest BCUT2D eigenvalue weighted by Gasteiger charge is -2.10. The predicted molar refractivity (Wildman–Crippen MR) is 52.4 cm³/mol. The minimum Gasteiger partial charge on any atom is -0.349 e. The van der Waals surface area contributed by atoms with Crippen LogP contribution in [0.3, 0.4) is 0 Å². The van der Waals surface area contributed by atoms with Crippen molar-refractivity contribution in [1.29, 1.82) is 0 Å². The summed E-state index contributed by atoms with van der Waals surface area (Å²) in [7, 11) is -3.98. The van der Waals surface area contributed by atoms with E-state index in [-0.39, 0.29) is 5.13 Å². The monoisotopic (exact) mass is 276 g/mol. The van der Waals surface area contributed by atoms with Gasteiger partial charge in [0.05, 0.1) is 0 Å². The predicted octanol–water partition coefficient (Wildman–Crippen LogP) is -2.17. The number of amides is 2. The number of aromatic nitrogens is 2. The number of fused-ring (bicyclic) bond motifs is 1. The molecule has 0 spiro atoms. The van der Waals surface area contributed by atoms with E-state index < -0.39 is 38.4 Å². The number of hydrogen-bond acceptors (Lipinski definition) is 8. The normalized spacial score (nSPS) is 27.5. The highest BCUT2D eigenvalue weighted by Gasteiger charge is 2.62. The van der Waals surface area contributed by atoms with Gasteiger partial charge in [0.2, 0.25) is 9.47 Å². The van der Waals surface area contributed by atoms with Crippen LogP contribution in [0.4, 0.5) is 5.13 Å². The largest absolute Gasteiger partial charge is 0.349 e. The second-order valence-electron chi connectivity index (χ2n) is 3.38. The van der Waals surface area contributed by atoms with Crippen LogP contribution in [0.5, 0.6) is 0 Å². The number of ether oxygens (including phenoxy) is 1. The number of imide groups is 1. The molecule has 2 atom stereocenters. The van der Waals surface area contributed by atoms with Crippen molar-refractivity contribution >= 4 is 38.3 Å². The Kier molecular flexibility index (Phi) is 1.93. The number of carbonyl (C=O) groups excluding carboxylic acids is 2. The summed E-state index contributed by atoms with van der Waals surface area (Å²) in [5.74, 6) is -1.12. The number of primary sulfonamides is 1. The highest BCUT2D eigenvalue weighted by molar-refractivity contribution is 7.91. The standard InChI is InChI=1S/C6H4N4O5S2/c7-17(13,14)6-9-8-5(16-6)10-3(11)1-2(15-1)4(10)12/h1-2H,(H2,7,13,14)/t1-,2+. The second-order valence-corrected chi connectivity index (χ2v) is 6.08. The van der Waals surface area contributed by atoms with Crippen molar-refractivity contribution in [2.24, 2.45) is 5.14 Å². The fraction of sp³-hybridized carbons (Fsp3) is 0.333. The van der Waals surface area contributed by atoms with Crippen LogP contribution in [-0.2, 0) is 24.3 Å². The van der Waals surface area contributed by atoms with E-state index in [1.807, 2.05) is 0 Å². The molecule has 1 aromatic rings. The van der Waals surface area contributed by atoms with Crippen molar-refractivity contribution < 1.29 is 22.7 Å². The molecule has 2 amide bonds. The van der Waals surface area contributed by atoms with Gasteiger partial charge < -0.3 is 4.74 Å². The van der Waals surface area contributed by atoms with E-state index in [1.165, 1.54) is 0 Å². The van der Waals surface area contributed by atoms with Gasteiger partial charge in [-0.2, -0.15) is 0 Å². The van der Waals surface area contributed by atoms with Gasteiger partial charge in [-0.05, 0) is 0 Å². The van der Waals surface area contributed by atoms with Crippen molar-refractivity contribution in [3.8, 4) is 0 Å².